The molecule has 0 unspecified atom stereocenters. The largest absolute Gasteiger partial charge is 0.373 e. The molecule has 2 heterocycles. The minimum absolute atomic E-state index is 0.217. The van der Waals surface area contributed by atoms with Gasteiger partial charge in [0.15, 0.2) is 0 Å². The minimum atomic E-state index is -0.225. The molecule has 3 rings (SSSR count). The van der Waals surface area contributed by atoms with Gasteiger partial charge >= 0.3 is 0 Å². The van der Waals surface area contributed by atoms with E-state index >= 15 is 0 Å². The Labute approximate surface area is 135 Å². The lowest BCUT2D eigenvalue weighted by atomic mass is 10.1. The highest BCUT2D eigenvalue weighted by Gasteiger charge is 2.20. The average Bonchev–Trinajstić information content (AvgIpc) is 2.62. The van der Waals surface area contributed by atoms with Gasteiger partial charge < -0.3 is 9.64 Å². The second-order valence-electron chi connectivity index (χ2n) is 5.64. The maximum atomic E-state index is 12.9. The van der Waals surface area contributed by atoms with Crippen LogP contribution in [0.25, 0.3) is 0 Å². The third-order valence-electron chi connectivity index (χ3n) is 4.04. The van der Waals surface area contributed by atoms with E-state index in [1.807, 2.05) is 6.07 Å². The zero-order valence-corrected chi connectivity index (χ0v) is 12.8. The van der Waals surface area contributed by atoms with Gasteiger partial charge in [-0.25, -0.2) is 9.37 Å². The van der Waals surface area contributed by atoms with E-state index < -0.39 is 0 Å². The lowest BCUT2D eigenvalue weighted by Crippen LogP contribution is -2.37. The van der Waals surface area contributed by atoms with Gasteiger partial charge in [-0.2, -0.15) is 5.26 Å². The van der Waals surface area contributed by atoms with Crippen LogP contribution in [-0.4, -0.2) is 24.2 Å². The maximum Gasteiger partial charge on any atom is 0.128 e. The molecule has 0 aliphatic carbocycles. The van der Waals surface area contributed by atoms with E-state index in [9.17, 15) is 4.39 Å². The van der Waals surface area contributed by atoms with Crippen molar-refractivity contribution in [3.63, 3.8) is 0 Å². The summed E-state index contributed by atoms with van der Waals surface area (Å²) in [4.78, 5) is 6.53. The van der Waals surface area contributed by atoms with Crippen LogP contribution in [0.3, 0.4) is 0 Å². The Hall–Kier alpha value is -2.45. The second kappa shape index (κ2) is 7.21. The Balaban J connectivity index is 1.48. The molecule has 1 saturated heterocycles. The summed E-state index contributed by atoms with van der Waals surface area (Å²) in [5.74, 6) is 0.679. The Morgan fingerprint density at radius 2 is 1.91 bits per heavy atom. The third-order valence-corrected chi connectivity index (χ3v) is 4.04. The number of halogens is 1. The third kappa shape index (κ3) is 4.05. The van der Waals surface area contributed by atoms with E-state index in [1.165, 1.54) is 12.1 Å². The quantitative estimate of drug-likeness (QED) is 0.869. The molecule has 0 amide bonds. The molecule has 4 nitrogen and oxygen atoms in total. The fourth-order valence-electron chi connectivity index (χ4n) is 2.69. The summed E-state index contributed by atoms with van der Waals surface area (Å²) in [5.41, 5.74) is 1.56. The first-order valence-corrected chi connectivity index (χ1v) is 7.72. The molecule has 0 N–H and O–H groups in total. The predicted octanol–water partition coefficient (Wildman–Crippen LogP) is 3.28. The summed E-state index contributed by atoms with van der Waals surface area (Å²) in [6, 6.07) is 12.2. The van der Waals surface area contributed by atoms with Crippen molar-refractivity contribution >= 4 is 5.82 Å². The molecule has 23 heavy (non-hydrogen) atoms. The van der Waals surface area contributed by atoms with E-state index in [4.69, 9.17) is 10.00 Å². The van der Waals surface area contributed by atoms with Crippen molar-refractivity contribution in [1.82, 2.24) is 4.98 Å². The number of piperidine rings is 1. The van der Waals surface area contributed by atoms with Crippen LogP contribution in [0.4, 0.5) is 10.2 Å². The summed E-state index contributed by atoms with van der Waals surface area (Å²) in [6.07, 6.45) is 3.69. The predicted molar refractivity (Wildman–Crippen MR) is 85.4 cm³/mol. The molecule has 2 aromatic rings. The number of ether oxygens (including phenoxy) is 1. The molecule has 1 aliphatic heterocycles. The van der Waals surface area contributed by atoms with Crippen molar-refractivity contribution < 1.29 is 9.13 Å². The summed E-state index contributed by atoms with van der Waals surface area (Å²) >= 11 is 0. The Kier molecular flexibility index (Phi) is 4.84. The SMILES string of the molecule is N#Cc1ccc(N2CCC(OCc3ccc(F)cc3)CC2)nc1. The molecule has 5 heteroatoms. The van der Waals surface area contributed by atoms with Gasteiger partial charge in [-0.3, -0.25) is 0 Å². The molecule has 1 aromatic heterocycles. The van der Waals surface area contributed by atoms with Gasteiger partial charge in [0.05, 0.1) is 18.3 Å². The molecular weight excluding hydrogens is 293 g/mol. The molecule has 1 fully saturated rings. The monoisotopic (exact) mass is 311 g/mol. The van der Waals surface area contributed by atoms with Crippen molar-refractivity contribution in [2.45, 2.75) is 25.6 Å². The topological polar surface area (TPSA) is 49.2 Å². The Bertz CT molecular complexity index is 671. The van der Waals surface area contributed by atoms with E-state index in [0.29, 0.717) is 12.2 Å². The van der Waals surface area contributed by atoms with Gasteiger partial charge in [0.25, 0.3) is 0 Å². The van der Waals surface area contributed by atoms with Crippen LogP contribution in [0.15, 0.2) is 42.6 Å². The molecule has 1 aliphatic rings. The first kappa shape index (κ1) is 15.4. The first-order chi connectivity index (χ1) is 11.2. The number of pyridine rings is 1. The molecular formula is C18H18FN3O. The molecule has 0 spiro atoms. The number of hydrogen-bond acceptors (Lipinski definition) is 4. The zero-order valence-electron chi connectivity index (χ0n) is 12.8. The van der Waals surface area contributed by atoms with Crippen LogP contribution in [-0.2, 0) is 11.3 Å². The fraction of sp³-hybridized carbons (Fsp3) is 0.333. The van der Waals surface area contributed by atoms with Gasteiger partial charge in [-0.15, -0.1) is 0 Å². The highest BCUT2D eigenvalue weighted by Crippen LogP contribution is 2.20. The number of nitriles is 1. The smallest absolute Gasteiger partial charge is 0.128 e. The van der Waals surface area contributed by atoms with Crippen molar-refractivity contribution in [2.75, 3.05) is 18.0 Å². The number of rotatable bonds is 4. The highest BCUT2D eigenvalue weighted by atomic mass is 19.1. The van der Waals surface area contributed by atoms with Crippen LogP contribution in [0.5, 0.6) is 0 Å². The standard InChI is InChI=1S/C18H18FN3O/c19-16-4-1-14(2-5-16)13-23-17-7-9-22(10-8-17)18-6-3-15(11-20)12-21-18/h1-6,12,17H,7-10,13H2. The molecule has 0 saturated carbocycles. The number of nitrogens with zero attached hydrogens (tertiary/aromatic N) is 3. The van der Waals surface area contributed by atoms with Crippen LogP contribution in [0, 0.1) is 17.1 Å². The van der Waals surface area contributed by atoms with E-state index in [0.717, 1.165) is 37.3 Å². The fourth-order valence-corrected chi connectivity index (χ4v) is 2.69. The summed E-state index contributed by atoms with van der Waals surface area (Å²) in [7, 11) is 0. The van der Waals surface area contributed by atoms with Crippen LogP contribution < -0.4 is 4.90 Å². The normalized spacial score (nSPS) is 15.4. The minimum Gasteiger partial charge on any atom is -0.373 e. The van der Waals surface area contributed by atoms with E-state index in [1.54, 1.807) is 24.4 Å². The zero-order chi connectivity index (χ0) is 16.1. The summed E-state index contributed by atoms with van der Waals surface area (Å²) < 4.78 is 18.8. The lowest BCUT2D eigenvalue weighted by molar-refractivity contribution is 0.0250. The van der Waals surface area contributed by atoms with Crippen molar-refractivity contribution in [2.24, 2.45) is 0 Å². The van der Waals surface area contributed by atoms with Gasteiger partial charge in [-0.1, -0.05) is 12.1 Å². The van der Waals surface area contributed by atoms with Crippen LogP contribution in [0.2, 0.25) is 0 Å². The van der Waals surface area contributed by atoms with Crippen molar-refractivity contribution in [3.8, 4) is 6.07 Å². The number of aromatic nitrogens is 1. The van der Waals surface area contributed by atoms with E-state index in [-0.39, 0.29) is 11.9 Å². The van der Waals surface area contributed by atoms with Crippen LogP contribution in [0.1, 0.15) is 24.0 Å². The summed E-state index contributed by atoms with van der Waals surface area (Å²) in [6.45, 7) is 2.28. The lowest BCUT2D eigenvalue weighted by Gasteiger charge is -2.32. The highest BCUT2D eigenvalue weighted by molar-refractivity contribution is 5.42. The van der Waals surface area contributed by atoms with Crippen molar-refractivity contribution in [1.29, 1.82) is 5.26 Å². The molecule has 0 radical (unpaired) electrons. The average molecular weight is 311 g/mol. The second-order valence-corrected chi connectivity index (χ2v) is 5.64. The van der Waals surface area contributed by atoms with Crippen LogP contribution >= 0.6 is 0 Å². The molecule has 1 aromatic carbocycles. The van der Waals surface area contributed by atoms with E-state index in [2.05, 4.69) is 16.0 Å². The van der Waals surface area contributed by atoms with Gasteiger partial charge in [0.1, 0.15) is 17.7 Å². The van der Waals surface area contributed by atoms with Gasteiger partial charge in [-0.05, 0) is 42.7 Å². The van der Waals surface area contributed by atoms with Gasteiger partial charge in [0.2, 0.25) is 0 Å². The molecule has 0 bridgehead atoms. The maximum absolute atomic E-state index is 12.9. The Morgan fingerprint density at radius 1 is 1.17 bits per heavy atom. The van der Waals surface area contributed by atoms with Crippen molar-refractivity contribution in [3.05, 3.63) is 59.5 Å². The molecule has 118 valence electrons. The number of anilines is 1. The number of hydrogen-bond donors (Lipinski definition) is 0. The van der Waals surface area contributed by atoms with Gasteiger partial charge in [0, 0.05) is 19.3 Å². The Morgan fingerprint density at radius 3 is 2.52 bits per heavy atom. The number of benzene rings is 1. The molecule has 0 atom stereocenters. The summed E-state index contributed by atoms with van der Waals surface area (Å²) in [5, 5.41) is 8.80. The first-order valence-electron chi connectivity index (χ1n) is 7.72.